The summed E-state index contributed by atoms with van der Waals surface area (Å²) < 4.78 is 8.90. The Labute approximate surface area is 56.5 Å². The molecule has 0 aromatic heterocycles. The van der Waals surface area contributed by atoms with Crippen molar-refractivity contribution >= 4 is 29.1 Å². The Hall–Kier alpha value is 0.0997. The summed E-state index contributed by atoms with van der Waals surface area (Å²) in [7, 11) is 3.78. The molecule has 0 unspecified atom stereocenters. The first-order valence-corrected chi connectivity index (χ1v) is 2.30. The lowest BCUT2D eigenvalue weighted by Crippen LogP contribution is -2.35. The summed E-state index contributed by atoms with van der Waals surface area (Å²) in [4.78, 5) is 0. The third kappa shape index (κ3) is 4.59. The molecule has 3 radical (unpaired) electrons. The number of hydrogen-bond donors (Lipinski definition) is 2. The Balaban J connectivity index is 3.09. The average Bonchev–Trinajstić information content (AvgIpc) is 1.91. The summed E-state index contributed by atoms with van der Waals surface area (Å²) in [6.45, 7) is -0.815. The van der Waals surface area contributed by atoms with Crippen LogP contribution in [0.1, 0.15) is 0 Å². The van der Waals surface area contributed by atoms with Crippen molar-refractivity contribution < 1.29 is 19.3 Å². The highest BCUT2D eigenvalue weighted by molar-refractivity contribution is 7.34. The zero-order valence-electron chi connectivity index (χ0n) is 5.02. The fourth-order valence-corrected chi connectivity index (χ4v) is 0.228. The smallest absolute Gasteiger partial charge is 0.470 e. The summed E-state index contributed by atoms with van der Waals surface area (Å²) in [5, 5.41) is 16.5. The monoisotopic (exact) mass is 125 g/mol. The summed E-state index contributed by atoms with van der Waals surface area (Å²) in [6, 6.07) is 0. The van der Waals surface area contributed by atoms with E-state index >= 15 is 0 Å². The first kappa shape index (κ1) is 9.10. The molecule has 9 heavy (non-hydrogen) atoms. The maximum Gasteiger partial charge on any atom is 0.470 e. The van der Waals surface area contributed by atoms with E-state index in [0.717, 1.165) is 7.69 Å². The van der Waals surface area contributed by atoms with Crippen molar-refractivity contribution in [2.24, 2.45) is 0 Å². The molecule has 0 aromatic carbocycles. The van der Waals surface area contributed by atoms with Crippen molar-refractivity contribution in [2.45, 2.75) is 0 Å². The minimum Gasteiger partial charge on any atom is -0.485 e. The quantitative estimate of drug-likeness (QED) is 0.394. The van der Waals surface area contributed by atoms with Gasteiger partial charge in [0.2, 0.25) is 0 Å². The predicted molar refractivity (Wildman–Crippen MR) is 35.5 cm³/mol. The normalized spacial score (nSPS) is 8.33. The molecule has 0 aliphatic heterocycles. The van der Waals surface area contributed by atoms with Crippen LogP contribution in [0.3, 0.4) is 0 Å². The lowest BCUT2D eigenvalue weighted by Gasteiger charge is -2.03. The second-order valence-electron chi connectivity index (χ2n) is 1.23. The van der Waals surface area contributed by atoms with Gasteiger partial charge in [0.25, 0.3) is 21.4 Å². The number of hydrogen-bond acceptors (Lipinski definition) is 4. The molecule has 2 N–H and O–H groups in total. The summed E-state index contributed by atoms with van der Waals surface area (Å²) in [6.07, 6.45) is 0. The molecule has 0 aliphatic carbocycles. The molecule has 0 saturated carbocycles. The molecule has 0 atom stereocenters. The Bertz CT molecular complexity index is 56.5. The van der Waals surface area contributed by atoms with Crippen LogP contribution in [0.25, 0.3) is 0 Å². The van der Waals surface area contributed by atoms with E-state index in [-0.39, 0.29) is 0 Å². The van der Waals surface area contributed by atoms with E-state index < -0.39 is 6.70 Å². The van der Waals surface area contributed by atoms with Gasteiger partial charge in [0.15, 0.2) is 0 Å². The minimum absolute atomic E-state index is 0.690. The highest BCUT2D eigenvalue weighted by atomic mass is 16.6. The van der Waals surface area contributed by atoms with E-state index in [4.69, 9.17) is 10.0 Å². The van der Waals surface area contributed by atoms with Crippen molar-refractivity contribution in [3.63, 3.8) is 0 Å². The standard InChI is InChI=1S/CH5B4O4/c1-8-4-9-5(2-6)3-7/h6-7H,1H3. The molecule has 0 spiro atoms. The predicted octanol–water partition coefficient (Wildman–Crippen LogP) is -2.61. The van der Waals surface area contributed by atoms with Gasteiger partial charge in [-0.2, -0.15) is 0 Å². The van der Waals surface area contributed by atoms with Gasteiger partial charge in [0.1, 0.15) is 0 Å². The Morgan fingerprint density at radius 3 is 2.22 bits per heavy atom. The van der Waals surface area contributed by atoms with Crippen molar-refractivity contribution in [1.82, 2.24) is 0 Å². The Morgan fingerprint density at radius 2 is 1.89 bits per heavy atom. The van der Waals surface area contributed by atoms with Gasteiger partial charge in [-0.25, -0.2) is 0 Å². The second-order valence-corrected chi connectivity index (χ2v) is 1.23. The fourth-order valence-electron chi connectivity index (χ4n) is 0.228. The van der Waals surface area contributed by atoms with E-state index in [1.165, 1.54) is 7.11 Å². The largest absolute Gasteiger partial charge is 0.485 e. The lowest BCUT2D eigenvalue weighted by atomic mass is 9.24. The van der Waals surface area contributed by atoms with Gasteiger partial charge in [-0.1, -0.05) is 0 Å². The van der Waals surface area contributed by atoms with Crippen LogP contribution in [0.5, 0.6) is 0 Å². The summed E-state index contributed by atoms with van der Waals surface area (Å²) in [5.74, 6) is 0. The van der Waals surface area contributed by atoms with E-state index in [1.807, 2.05) is 0 Å². The second kappa shape index (κ2) is 6.22. The molecule has 8 heteroatoms. The molecular weight excluding hydrogens is 119 g/mol. The van der Waals surface area contributed by atoms with E-state index in [1.54, 1.807) is 0 Å². The molecule has 0 rings (SSSR count). The zero-order valence-corrected chi connectivity index (χ0v) is 5.02. The van der Waals surface area contributed by atoms with Crippen molar-refractivity contribution in [3.8, 4) is 0 Å². The van der Waals surface area contributed by atoms with Crippen molar-refractivity contribution in [2.75, 3.05) is 7.11 Å². The molecule has 0 bridgehead atoms. The molecule has 0 aliphatic rings. The van der Waals surface area contributed by atoms with Crippen LogP contribution in [-0.4, -0.2) is 46.3 Å². The van der Waals surface area contributed by atoms with Gasteiger partial charge >= 0.3 is 7.69 Å². The Kier molecular flexibility index (Phi) is 6.29. The summed E-state index contributed by atoms with van der Waals surface area (Å²) in [5.41, 5.74) is 0. The molecule has 0 heterocycles. The zero-order chi connectivity index (χ0) is 7.11. The van der Waals surface area contributed by atoms with Crippen LogP contribution in [0.2, 0.25) is 0 Å². The molecule has 0 amide bonds. The lowest BCUT2D eigenvalue weighted by molar-refractivity contribution is 0.371. The Morgan fingerprint density at radius 1 is 1.33 bits per heavy atom. The SMILES string of the molecule is CO[B]OB([B]O)[B]O. The van der Waals surface area contributed by atoms with Crippen LogP contribution in [-0.2, 0) is 9.23 Å². The molecule has 4 nitrogen and oxygen atoms in total. The van der Waals surface area contributed by atoms with Crippen LogP contribution in [0.4, 0.5) is 0 Å². The maximum absolute atomic E-state index is 8.24. The molecule has 45 valence electrons. The van der Waals surface area contributed by atoms with Gasteiger partial charge in [-0.05, 0) is 0 Å². The van der Waals surface area contributed by atoms with Gasteiger partial charge in [-0.3, -0.25) is 0 Å². The van der Waals surface area contributed by atoms with Gasteiger partial charge < -0.3 is 19.3 Å². The average molecular weight is 124 g/mol. The van der Waals surface area contributed by atoms with Gasteiger partial charge in [-0.15, -0.1) is 0 Å². The van der Waals surface area contributed by atoms with Crippen LogP contribution >= 0.6 is 0 Å². The highest BCUT2D eigenvalue weighted by Gasteiger charge is 2.16. The molecular formula is CH5B4O4. The van der Waals surface area contributed by atoms with Crippen molar-refractivity contribution in [1.29, 1.82) is 0 Å². The van der Waals surface area contributed by atoms with Gasteiger partial charge in [0, 0.05) is 7.11 Å². The first-order chi connectivity index (χ1) is 4.35. The van der Waals surface area contributed by atoms with E-state index in [2.05, 4.69) is 9.23 Å². The van der Waals surface area contributed by atoms with E-state index in [9.17, 15) is 0 Å². The first-order valence-electron chi connectivity index (χ1n) is 2.30. The van der Waals surface area contributed by atoms with Crippen LogP contribution in [0, 0.1) is 0 Å². The van der Waals surface area contributed by atoms with Crippen LogP contribution in [0.15, 0.2) is 0 Å². The number of rotatable bonds is 5. The van der Waals surface area contributed by atoms with Crippen molar-refractivity contribution in [3.05, 3.63) is 0 Å². The molecule has 0 fully saturated rings. The molecule has 0 aromatic rings. The maximum atomic E-state index is 8.24. The third-order valence-electron chi connectivity index (χ3n) is 0.603. The topological polar surface area (TPSA) is 58.9 Å². The third-order valence-corrected chi connectivity index (χ3v) is 0.603. The molecule has 0 saturated heterocycles. The van der Waals surface area contributed by atoms with E-state index in [0.29, 0.717) is 14.7 Å². The van der Waals surface area contributed by atoms with Gasteiger partial charge in [0.05, 0.1) is 0 Å². The fraction of sp³-hybridized carbons (Fsp3) is 1.00. The highest BCUT2D eigenvalue weighted by Crippen LogP contribution is 1.76. The minimum atomic E-state index is -0.815. The summed E-state index contributed by atoms with van der Waals surface area (Å²) >= 11 is 0. The van der Waals surface area contributed by atoms with Crippen LogP contribution < -0.4 is 0 Å².